The summed E-state index contributed by atoms with van der Waals surface area (Å²) >= 11 is 0. The van der Waals surface area contributed by atoms with E-state index in [-0.39, 0.29) is 17.8 Å². The molecule has 0 atom stereocenters. The van der Waals surface area contributed by atoms with Gasteiger partial charge in [-0.1, -0.05) is 60.7 Å². The van der Waals surface area contributed by atoms with Gasteiger partial charge in [-0.05, 0) is 26.0 Å². The second-order valence-electron chi connectivity index (χ2n) is 8.34. The van der Waals surface area contributed by atoms with Gasteiger partial charge in [0.05, 0.1) is 35.4 Å². The van der Waals surface area contributed by atoms with Gasteiger partial charge >= 0.3 is 0 Å². The average molecular weight is 447 g/mol. The molecule has 4 aromatic rings. The number of rotatable bonds is 7. The summed E-state index contributed by atoms with van der Waals surface area (Å²) in [5, 5.41) is 14.3. The minimum absolute atomic E-state index is 0.0967. The van der Waals surface area contributed by atoms with Crippen LogP contribution in [0, 0.1) is 0 Å². The van der Waals surface area contributed by atoms with Crippen LogP contribution in [0.2, 0.25) is 0 Å². The van der Waals surface area contributed by atoms with E-state index in [2.05, 4.69) is 10.1 Å². The third-order valence-electron chi connectivity index (χ3n) is 4.91. The van der Waals surface area contributed by atoms with Crippen molar-refractivity contribution in [2.24, 2.45) is 4.99 Å². The first-order chi connectivity index (χ1) is 15.8. The van der Waals surface area contributed by atoms with Gasteiger partial charge in [0.1, 0.15) is 5.69 Å². The van der Waals surface area contributed by atoms with Gasteiger partial charge in [-0.15, -0.1) is 0 Å². The van der Waals surface area contributed by atoms with Gasteiger partial charge in [-0.25, -0.2) is 13.8 Å². The topological polar surface area (TPSA) is 63.3 Å². The average Bonchev–Trinajstić information content (AvgIpc) is 3.25. The van der Waals surface area contributed by atoms with E-state index in [1.54, 1.807) is 26.1 Å². The molecule has 5 nitrogen and oxygen atoms in total. The second-order valence-corrected chi connectivity index (χ2v) is 8.34. The summed E-state index contributed by atoms with van der Waals surface area (Å²) in [5.41, 5.74) is 1.93. The van der Waals surface area contributed by atoms with Crippen LogP contribution in [-0.2, 0) is 6.54 Å². The summed E-state index contributed by atoms with van der Waals surface area (Å²) in [5.74, 6) is 0. The third-order valence-corrected chi connectivity index (χ3v) is 4.91. The molecule has 0 aliphatic heterocycles. The fourth-order valence-corrected chi connectivity index (χ4v) is 3.50. The van der Waals surface area contributed by atoms with Gasteiger partial charge in [0.15, 0.2) is 0 Å². The highest BCUT2D eigenvalue weighted by Crippen LogP contribution is 2.32. The largest absolute Gasteiger partial charge is 0.389 e. The van der Waals surface area contributed by atoms with Gasteiger partial charge in [-0.2, -0.15) is 5.10 Å². The van der Waals surface area contributed by atoms with E-state index in [4.69, 9.17) is 4.99 Å². The Morgan fingerprint density at radius 3 is 2.15 bits per heavy atom. The normalized spacial score (nSPS) is 11.6. The zero-order valence-corrected chi connectivity index (χ0v) is 18.4. The minimum atomic E-state index is -2.75. The summed E-state index contributed by atoms with van der Waals surface area (Å²) in [6.07, 6.45) is 0.361. The van der Waals surface area contributed by atoms with Crippen molar-refractivity contribution < 1.29 is 13.9 Å². The molecule has 0 amide bonds. The molecule has 2 heterocycles. The van der Waals surface area contributed by atoms with Gasteiger partial charge < -0.3 is 5.11 Å². The Hall–Kier alpha value is -3.71. The van der Waals surface area contributed by atoms with Gasteiger partial charge in [0, 0.05) is 22.9 Å². The molecule has 7 heteroatoms. The van der Waals surface area contributed by atoms with Crippen molar-refractivity contribution in [2.45, 2.75) is 32.4 Å². The SMILES string of the molecule is CC(C)(O)Cn1ccc(-c2ncc(N=C(c3ccccc3)c3ccccc3)cc2C(F)F)n1. The first kappa shape index (κ1) is 22.5. The molecule has 0 saturated heterocycles. The lowest BCUT2D eigenvalue weighted by molar-refractivity contribution is 0.0578. The highest BCUT2D eigenvalue weighted by molar-refractivity contribution is 6.13. The zero-order valence-electron chi connectivity index (χ0n) is 18.4. The number of nitrogens with zero attached hydrogens (tertiary/aromatic N) is 4. The van der Waals surface area contributed by atoms with Crippen LogP contribution < -0.4 is 0 Å². The summed E-state index contributed by atoms with van der Waals surface area (Å²) in [7, 11) is 0. The standard InChI is InChI=1S/C26H24F2N4O/c1-26(2,33)17-32-14-13-22(31-32)24-21(25(27)28)15-20(16-29-24)30-23(18-9-5-3-6-10-18)19-11-7-4-8-12-19/h3-16,25,33H,17H2,1-2H3. The van der Waals surface area contributed by atoms with Crippen molar-refractivity contribution >= 4 is 11.4 Å². The molecule has 1 N–H and O–H groups in total. The van der Waals surface area contributed by atoms with Crippen LogP contribution in [0.5, 0.6) is 0 Å². The molecule has 0 aliphatic rings. The first-order valence-electron chi connectivity index (χ1n) is 10.5. The van der Waals surface area contributed by atoms with Gasteiger partial charge in [0.25, 0.3) is 6.43 Å². The Labute approximate surface area is 191 Å². The number of alkyl halides is 2. The monoisotopic (exact) mass is 446 g/mol. The van der Waals surface area contributed by atoms with Crippen LogP contribution in [0.15, 0.2) is 90.2 Å². The van der Waals surface area contributed by atoms with Crippen molar-refractivity contribution in [1.29, 1.82) is 0 Å². The number of aliphatic imine (C=N–C) groups is 1. The molecule has 2 aromatic carbocycles. The van der Waals surface area contributed by atoms with E-state index in [9.17, 15) is 13.9 Å². The van der Waals surface area contributed by atoms with Crippen molar-refractivity contribution in [1.82, 2.24) is 14.8 Å². The van der Waals surface area contributed by atoms with E-state index < -0.39 is 12.0 Å². The Balaban J connectivity index is 1.76. The maximum Gasteiger partial charge on any atom is 0.266 e. The second kappa shape index (κ2) is 9.42. The molecule has 0 saturated carbocycles. The smallest absolute Gasteiger partial charge is 0.266 e. The van der Waals surface area contributed by atoms with Crippen molar-refractivity contribution in [3.8, 4) is 11.4 Å². The molecule has 0 spiro atoms. The molecular formula is C26H24F2N4O. The molecule has 168 valence electrons. The van der Waals surface area contributed by atoms with Crippen LogP contribution in [0.1, 0.15) is 37.0 Å². The van der Waals surface area contributed by atoms with Crippen LogP contribution in [-0.4, -0.2) is 31.2 Å². The van der Waals surface area contributed by atoms with Gasteiger partial charge in [-0.3, -0.25) is 9.67 Å². The molecule has 33 heavy (non-hydrogen) atoms. The number of aliphatic hydroxyl groups is 1. The van der Waals surface area contributed by atoms with Crippen LogP contribution in [0.3, 0.4) is 0 Å². The number of hydrogen-bond donors (Lipinski definition) is 1. The highest BCUT2D eigenvalue weighted by atomic mass is 19.3. The maximum absolute atomic E-state index is 14.0. The predicted molar refractivity (Wildman–Crippen MR) is 125 cm³/mol. The summed E-state index contributed by atoms with van der Waals surface area (Å²) < 4.78 is 29.5. The molecule has 0 unspecified atom stereocenters. The Bertz CT molecular complexity index is 1200. The van der Waals surface area contributed by atoms with Crippen LogP contribution in [0.25, 0.3) is 11.4 Å². The van der Waals surface area contributed by atoms with Crippen LogP contribution in [0.4, 0.5) is 14.5 Å². The molecule has 0 radical (unpaired) electrons. The lowest BCUT2D eigenvalue weighted by Crippen LogP contribution is -2.26. The van der Waals surface area contributed by atoms with Crippen molar-refractivity contribution in [3.63, 3.8) is 0 Å². The van der Waals surface area contributed by atoms with Crippen LogP contribution >= 0.6 is 0 Å². The maximum atomic E-state index is 14.0. The molecule has 0 bridgehead atoms. The summed E-state index contributed by atoms with van der Waals surface area (Å²) in [6, 6.07) is 22.1. The van der Waals surface area contributed by atoms with E-state index in [0.717, 1.165) is 11.1 Å². The van der Waals surface area contributed by atoms with E-state index >= 15 is 0 Å². The van der Waals surface area contributed by atoms with E-state index in [1.807, 2.05) is 60.7 Å². The number of hydrogen-bond acceptors (Lipinski definition) is 4. The lowest BCUT2D eigenvalue weighted by Gasteiger charge is -2.16. The summed E-state index contributed by atoms with van der Waals surface area (Å²) in [6.45, 7) is 3.54. The van der Waals surface area contributed by atoms with E-state index in [1.165, 1.54) is 16.9 Å². The number of pyridine rings is 1. The van der Waals surface area contributed by atoms with Crippen molar-refractivity contribution in [2.75, 3.05) is 0 Å². The zero-order chi connectivity index (χ0) is 23.4. The lowest BCUT2D eigenvalue weighted by atomic mass is 10.0. The number of aromatic nitrogens is 3. The molecular weight excluding hydrogens is 422 g/mol. The van der Waals surface area contributed by atoms with Crippen molar-refractivity contribution in [3.05, 3.63) is 102 Å². The molecule has 2 aromatic heterocycles. The minimum Gasteiger partial charge on any atom is -0.389 e. The fraction of sp³-hybridized carbons (Fsp3) is 0.192. The fourth-order valence-electron chi connectivity index (χ4n) is 3.50. The quantitative estimate of drug-likeness (QED) is 0.364. The summed E-state index contributed by atoms with van der Waals surface area (Å²) in [4.78, 5) is 8.99. The Morgan fingerprint density at radius 1 is 1.00 bits per heavy atom. The predicted octanol–water partition coefficient (Wildman–Crippen LogP) is 5.82. The molecule has 0 aliphatic carbocycles. The third kappa shape index (κ3) is 5.56. The Kier molecular flexibility index (Phi) is 6.42. The number of benzene rings is 2. The van der Waals surface area contributed by atoms with Gasteiger partial charge in [0.2, 0.25) is 0 Å². The molecule has 0 fully saturated rings. The highest BCUT2D eigenvalue weighted by Gasteiger charge is 2.20. The van der Waals surface area contributed by atoms with E-state index in [0.29, 0.717) is 17.1 Å². The number of halogens is 2. The molecule has 4 rings (SSSR count). The Morgan fingerprint density at radius 2 is 1.61 bits per heavy atom. The first-order valence-corrected chi connectivity index (χ1v) is 10.5.